The molecule has 0 saturated carbocycles. The SMILES string of the molecule is CCC(O)C(O)c1ccc(C)c(C)c1. The third-order valence-electron chi connectivity index (χ3n) is 2.66. The maximum absolute atomic E-state index is 9.75. The summed E-state index contributed by atoms with van der Waals surface area (Å²) in [5.41, 5.74) is 3.14. The maximum Gasteiger partial charge on any atom is 0.105 e. The van der Waals surface area contributed by atoms with Crippen molar-refractivity contribution in [2.75, 3.05) is 0 Å². The number of aryl methyl sites for hydroxylation is 2. The van der Waals surface area contributed by atoms with Crippen molar-refractivity contribution in [3.05, 3.63) is 34.9 Å². The summed E-state index contributed by atoms with van der Waals surface area (Å²) < 4.78 is 0. The lowest BCUT2D eigenvalue weighted by atomic mass is 9.99. The summed E-state index contributed by atoms with van der Waals surface area (Å²) in [5.74, 6) is 0. The van der Waals surface area contributed by atoms with Crippen molar-refractivity contribution in [3.63, 3.8) is 0 Å². The first-order valence-corrected chi connectivity index (χ1v) is 4.99. The van der Waals surface area contributed by atoms with Gasteiger partial charge >= 0.3 is 0 Å². The molecular formula is C12H18O2. The molecule has 1 aromatic carbocycles. The molecule has 0 bridgehead atoms. The molecule has 2 nitrogen and oxygen atoms in total. The molecule has 0 aromatic heterocycles. The van der Waals surface area contributed by atoms with Crippen LogP contribution >= 0.6 is 0 Å². The highest BCUT2D eigenvalue weighted by atomic mass is 16.3. The van der Waals surface area contributed by atoms with Gasteiger partial charge < -0.3 is 10.2 Å². The highest BCUT2D eigenvalue weighted by molar-refractivity contribution is 5.31. The molecule has 0 aliphatic heterocycles. The van der Waals surface area contributed by atoms with E-state index in [1.165, 1.54) is 5.56 Å². The third-order valence-corrected chi connectivity index (χ3v) is 2.66. The van der Waals surface area contributed by atoms with Gasteiger partial charge in [0.15, 0.2) is 0 Å². The van der Waals surface area contributed by atoms with Gasteiger partial charge in [-0.05, 0) is 37.0 Å². The highest BCUT2D eigenvalue weighted by Crippen LogP contribution is 2.21. The van der Waals surface area contributed by atoms with Crippen LogP contribution in [0, 0.1) is 13.8 Å². The molecule has 0 spiro atoms. The van der Waals surface area contributed by atoms with Gasteiger partial charge in [0, 0.05) is 0 Å². The van der Waals surface area contributed by atoms with Crippen LogP contribution in [0.25, 0.3) is 0 Å². The quantitative estimate of drug-likeness (QED) is 0.773. The van der Waals surface area contributed by atoms with Crippen LogP contribution in [0.1, 0.15) is 36.1 Å². The molecule has 0 radical (unpaired) electrons. The third kappa shape index (κ3) is 2.34. The normalized spacial score (nSPS) is 15.2. The Balaban J connectivity index is 2.91. The van der Waals surface area contributed by atoms with Crippen LogP contribution in [0.15, 0.2) is 18.2 Å². The number of benzene rings is 1. The first-order chi connectivity index (χ1) is 6.56. The predicted octanol–water partition coefficient (Wildman–Crippen LogP) is 2.11. The van der Waals surface area contributed by atoms with Crippen molar-refractivity contribution in [3.8, 4) is 0 Å². The molecule has 78 valence electrons. The molecule has 0 saturated heterocycles. The van der Waals surface area contributed by atoms with Gasteiger partial charge in [-0.1, -0.05) is 25.1 Å². The molecule has 0 aliphatic carbocycles. The Morgan fingerprint density at radius 1 is 1.14 bits per heavy atom. The highest BCUT2D eigenvalue weighted by Gasteiger charge is 2.16. The van der Waals surface area contributed by atoms with Gasteiger partial charge in [-0.3, -0.25) is 0 Å². The number of hydrogen-bond donors (Lipinski definition) is 2. The second-order valence-electron chi connectivity index (χ2n) is 3.76. The molecule has 2 atom stereocenters. The van der Waals surface area contributed by atoms with Crippen molar-refractivity contribution in [1.29, 1.82) is 0 Å². The zero-order valence-corrected chi connectivity index (χ0v) is 8.99. The summed E-state index contributed by atoms with van der Waals surface area (Å²) >= 11 is 0. The Hall–Kier alpha value is -0.860. The Labute approximate surface area is 85.2 Å². The van der Waals surface area contributed by atoms with Crippen molar-refractivity contribution in [2.45, 2.75) is 39.4 Å². The van der Waals surface area contributed by atoms with Crippen molar-refractivity contribution in [2.24, 2.45) is 0 Å². The second-order valence-corrected chi connectivity index (χ2v) is 3.76. The Morgan fingerprint density at radius 2 is 1.79 bits per heavy atom. The average molecular weight is 194 g/mol. The summed E-state index contributed by atoms with van der Waals surface area (Å²) in [6.07, 6.45) is -0.870. The van der Waals surface area contributed by atoms with E-state index >= 15 is 0 Å². The van der Waals surface area contributed by atoms with E-state index in [4.69, 9.17) is 0 Å². The lowest BCUT2D eigenvalue weighted by Crippen LogP contribution is -2.16. The van der Waals surface area contributed by atoms with Crippen LogP contribution < -0.4 is 0 Å². The fourth-order valence-electron chi connectivity index (χ4n) is 1.39. The first-order valence-electron chi connectivity index (χ1n) is 4.99. The van der Waals surface area contributed by atoms with Crippen LogP contribution in [0.3, 0.4) is 0 Å². The van der Waals surface area contributed by atoms with Crippen molar-refractivity contribution >= 4 is 0 Å². The van der Waals surface area contributed by atoms with Crippen LogP contribution in [0.5, 0.6) is 0 Å². The molecule has 0 heterocycles. The minimum Gasteiger partial charge on any atom is -0.390 e. The topological polar surface area (TPSA) is 40.5 Å². The largest absolute Gasteiger partial charge is 0.390 e. The van der Waals surface area contributed by atoms with E-state index in [9.17, 15) is 10.2 Å². The molecule has 14 heavy (non-hydrogen) atoms. The van der Waals surface area contributed by atoms with Gasteiger partial charge in [0.25, 0.3) is 0 Å². The monoisotopic (exact) mass is 194 g/mol. The fraction of sp³-hybridized carbons (Fsp3) is 0.500. The van der Waals surface area contributed by atoms with Crippen LogP contribution in [0.2, 0.25) is 0 Å². The predicted molar refractivity (Wildman–Crippen MR) is 57.2 cm³/mol. The summed E-state index contributed by atoms with van der Waals surface area (Å²) in [6, 6.07) is 5.76. The lowest BCUT2D eigenvalue weighted by molar-refractivity contribution is 0.0164. The van der Waals surface area contributed by atoms with Gasteiger partial charge in [0.1, 0.15) is 6.10 Å². The minimum absolute atomic E-state index is 0.564. The van der Waals surface area contributed by atoms with E-state index in [0.29, 0.717) is 6.42 Å². The Kier molecular flexibility index (Phi) is 3.67. The van der Waals surface area contributed by atoms with E-state index in [2.05, 4.69) is 0 Å². The molecule has 0 fully saturated rings. The molecule has 2 unspecified atom stereocenters. The molecular weight excluding hydrogens is 176 g/mol. The van der Waals surface area contributed by atoms with Gasteiger partial charge in [-0.15, -0.1) is 0 Å². The number of aliphatic hydroxyl groups excluding tert-OH is 2. The Bertz CT molecular complexity index is 307. The smallest absolute Gasteiger partial charge is 0.105 e. The lowest BCUT2D eigenvalue weighted by Gasteiger charge is -2.17. The molecule has 2 N–H and O–H groups in total. The van der Waals surface area contributed by atoms with Gasteiger partial charge in [-0.25, -0.2) is 0 Å². The molecule has 0 amide bonds. The molecule has 2 heteroatoms. The summed E-state index contributed by atoms with van der Waals surface area (Å²) in [4.78, 5) is 0. The standard InChI is InChI=1S/C12H18O2/c1-4-11(13)12(14)10-6-5-8(2)9(3)7-10/h5-7,11-14H,4H2,1-3H3. The van der Waals surface area contributed by atoms with E-state index in [-0.39, 0.29) is 0 Å². The van der Waals surface area contributed by atoms with E-state index in [1.807, 2.05) is 39.0 Å². The van der Waals surface area contributed by atoms with Crippen LogP contribution in [-0.2, 0) is 0 Å². The van der Waals surface area contributed by atoms with Gasteiger partial charge in [0.05, 0.1) is 6.10 Å². The van der Waals surface area contributed by atoms with E-state index in [0.717, 1.165) is 11.1 Å². The first kappa shape index (κ1) is 11.2. The average Bonchev–Trinajstić information content (AvgIpc) is 2.20. The zero-order valence-electron chi connectivity index (χ0n) is 8.99. The van der Waals surface area contributed by atoms with Crippen molar-refractivity contribution in [1.82, 2.24) is 0 Å². The van der Waals surface area contributed by atoms with Crippen molar-refractivity contribution < 1.29 is 10.2 Å². The number of hydrogen-bond acceptors (Lipinski definition) is 2. The Morgan fingerprint density at radius 3 is 2.29 bits per heavy atom. The number of rotatable bonds is 3. The van der Waals surface area contributed by atoms with Gasteiger partial charge in [0.2, 0.25) is 0 Å². The second kappa shape index (κ2) is 4.58. The number of aliphatic hydroxyl groups is 2. The maximum atomic E-state index is 9.75. The van der Waals surface area contributed by atoms with Crippen LogP contribution in [0.4, 0.5) is 0 Å². The minimum atomic E-state index is -0.765. The summed E-state index contributed by atoms with van der Waals surface area (Å²) in [6.45, 7) is 5.89. The molecule has 1 aromatic rings. The molecule has 1 rings (SSSR count). The summed E-state index contributed by atoms with van der Waals surface area (Å²) in [7, 11) is 0. The fourth-order valence-corrected chi connectivity index (χ4v) is 1.39. The summed E-state index contributed by atoms with van der Waals surface area (Å²) in [5, 5.41) is 19.2. The molecule has 0 aliphatic rings. The van der Waals surface area contributed by atoms with Gasteiger partial charge in [-0.2, -0.15) is 0 Å². The van der Waals surface area contributed by atoms with Crippen LogP contribution in [-0.4, -0.2) is 16.3 Å². The van der Waals surface area contributed by atoms with E-state index < -0.39 is 12.2 Å². The zero-order chi connectivity index (χ0) is 10.7. The van der Waals surface area contributed by atoms with E-state index in [1.54, 1.807) is 0 Å².